The summed E-state index contributed by atoms with van der Waals surface area (Å²) < 4.78 is 14.4. The van der Waals surface area contributed by atoms with E-state index in [0.717, 1.165) is 0 Å². The maximum atomic E-state index is 9.60. The molecule has 0 fully saturated rings. The zero-order valence-electron chi connectivity index (χ0n) is 17.2. The quantitative estimate of drug-likeness (QED) is 0.161. The number of rotatable bonds is 13. The third kappa shape index (κ3) is 51.9. The summed E-state index contributed by atoms with van der Waals surface area (Å²) in [4.78, 5) is 19.2. The highest BCUT2D eigenvalue weighted by atomic mass is 16.5. The predicted octanol–water partition coefficient (Wildman–Crippen LogP) is -0.714. The Hall–Kier alpha value is -1.86. The van der Waals surface area contributed by atoms with Crippen molar-refractivity contribution in [2.75, 3.05) is 66.1 Å². The first-order chi connectivity index (χ1) is 13.6. The summed E-state index contributed by atoms with van der Waals surface area (Å²) in [7, 11) is 0. The van der Waals surface area contributed by atoms with E-state index in [4.69, 9.17) is 40.1 Å². The normalized spacial score (nSPS) is 8.90. The van der Waals surface area contributed by atoms with Gasteiger partial charge < -0.3 is 44.8 Å². The molecule has 0 saturated heterocycles. The van der Waals surface area contributed by atoms with Gasteiger partial charge in [0.05, 0.1) is 66.1 Å². The minimum Gasteiger partial charge on any atom is -0.478 e. The molecule has 0 aromatic heterocycles. The third-order valence-corrected chi connectivity index (χ3v) is 2.04. The first-order valence-electron chi connectivity index (χ1n) is 8.56. The second-order valence-corrected chi connectivity index (χ2v) is 4.90. The lowest BCUT2D eigenvalue weighted by Crippen LogP contribution is -2.09. The van der Waals surface area contributed by atoms with Crippen LogP contribution in [-0.4, -0.2) is 109 Å². The molecule has 0 radical (unpaired) electrons. The van der Waals surface area contributed by atoms with E-state index in [9.17, 15) is 9.59 Å². The summed E-state index contributed by atoms with van der Waals surface area (Å²) in [6, 6.07) is 0. The van der Waals surface area contributed by atoms with E-state index in [-0.39, 0.29) is 37.6 Å². The summed E-state index contributed by atoms with van der Waals surface area (Å²) in [6.07, 6.45) is 0. The second-order valence-electron chi connectivity index (χ2n) is 4.90. The molecule has 0 amide bonds. The van der Waals surface area contributed by atoms with E-state index >= 15 is 0 Å². The Kier molecular flexibility index (Phi) is 36.8. The van der Waals surface area contributed by atoms with Crippen LogP contribution >= 0.6 is 0 Å². The molecule has 0 heterocycles. The minimum atomic E-state index is -0.935. The van der Waals surface area contributed by atoms with Crippen molar-refractivity contribution in [3.8, 4) is 0 Å². The van der Waals surface area contributed by atoms with Gasteiger partial charge in [-0.2, -0.15) is 0 Å². The molecular weight excluding hydrogens is 392 g/mol. The average molecular weight is 428 g/mol. The average Bonchev–Trinajstić information content (AvgIpc) is 2.66. The van der Waals surface area contributed by atoms with Gasteiger partial charge >= 0.3 is 11.9 Å². The minimum absolute atomic E-state index is 0.0278. The summed E-state index contributed by atoms with van der Waals surface area (Å²) in [5.74, 6) is -1.87. The molecule has 174 valence electrons. The van der Waals surface area contributed by atoms with Crippen LogP contribution in [0.2, 0.25) is 0 Å². The Morgan fingerprint density at radius 1 is 0.586 bits per heavy atom. The van der Waals surface area contributed by atoms with Crippen LogP contribution in [0.5, 0.6) is 0 Å². The molecule has 0 aliphatic carbocycles. The molecule has 0 aromatic carbocycles. The van der Waals surface area contributed by atoms with Gasteiger partial charge in [0.15, 0.2) is 0 Å². The lowest BCUT2D eigenvalue weighted by Gasteiger charge is -2.01. The highest BCUT2D eigenvalue weighted by Crippen LogP contribution is 1.81. The molecule has 0 rings (SSSR count). The zero-order chi connectivity index (χ0) is 23.5. The van der Waals surface area contributed by atoms with Crippen LogP contribution in [0.3, 0.4) is 0 Å². The lowest BCUT2D eigenvalue weighted by atomic mass is 10.4. The predicted molar refractivity (Wildman–Crippen MR) is 106 cm³/mol. The van der Waals surface area contributed by atoms with Crippen molar-refractivity contribution in [2.24, 2.45) is 0 Å². The van der Waals surface area contributed by atoms with E-state index in [1.807, 2.05) is 0 Å². The van der Waals surface area contributed by atoms with Crippen LogP contribution in [0.4, 0.5) is 0 Å². The van der Waals surface area contributed by atoms with E-state index < -0.39 is 11.9 Å². The van der Waals surface area contributed by atoms with E-state index in [1.165, 1.54) is 13.8 Å². The Bertz CT molecular complexity index is 337. The van der Waals surface area contributed by atoms with Crippen molar-refractivity contribution in [3.63, 3.8) is 0 Å². The van der Waals surface area contributed by atoms with Crippen molar-refractivity contribution in [3.05, 3.63) is 24.3 Å². The summed E-state index contributed by atoms with van der Waals surface area (Å²) in [6.45, 7) is 11.6. The van der Waals surface area contributed by atoms with Crippen molar-refractivity contribution in [1.29, 1.82) is 0 Å². The molecular formula is C18H36O11. The SMILES string of the molecule is C=C(C)C(=O)O.C=C(C)C(=O)O.OCCOCCO.OCCOCCOCCO. The summed E-state index contributed by atoms with van der Waals surface area (Å²) in [5.41, 5.74) is 0.352. The van der Waals surface area contributed by atoms with Gasteiger partial charge in [0.2, 0.25) is 0 Å². The molecule has 11 heteroatoms. The highest BCUT2D eigenvalue weighted by Gasteiger charge is 1.91. The van der Waals surface area contributed by atoms with Crippen LogP contribution in [0, 0.1) is 0 Å². The number of carboxylic acid groups (broad SMARTS) is 2. The number of aliphatic hydroxyl groups excluding tert-OH is 4. The lowest BCUT2D eigenvalue weighted by molar-refractivity contribution is -0.133. The Labute approximate surface area is 171 Å². The van der Waals surface area contributed by atoms with Gasteiger partial charge in [0, 0.05) is 11.1 Å². The van der Waals surface area contributed by atoms with E-state index in [2.05, 4.69) is 17.9 Å². The van der Waals surface area contributed by atoms with Gasteiger partial charge in [-0.05, 0) is 13.8 Å². The monoisotopic (exact) mass is 428 g/mol. The fraction of sp³-hybridized carbons (Fsp3) is 0.667. The van der Waals surface area contributed by atoms with Gasteiger partial charge in [-0.15, -0.1) is 0 Å². The number of carboxylic acids is 2. The summed E-state index contributed by atoms with van der Waals surface area (Å²) in [5, 5.41) is 48.5. The van der Waals surface area contributed by atoms with Crippen LogP contribution in [0.1, 0.15) is 13.8 Å². The maximum absolute atomic E-state index is 9.60. The van der Waals surface area contributed by atoms with Gasteiger partial charge in [0.1, 0.15) is 0 Å². The topological polar surface area (TPSA) is 183 Å². The maximum Gasteiger partial charge on any atom is 0.330 e. The van der Waals surface area contributed by atoms with Crippen molar-refractivity contribution in [2.45, 2.75) is 13.8 Å². The van der Waals surface area contributed by atoms with Crippen LogP contribution in [0.15, 0.2) is 24.3 Å². The molecule has 29 heavy (non-hydrogen) atoms. The molecule has 0 unspecified atom stereocenters. The number of aliphatic hydroxyl groups is 4. The molecule has 0 aromatic rings. The molecule has 11 nitrogen and oxygen atoms in total. The van der Waals surface area contributed by atoms with Crippen LogP contribution in [0.25, 0.3) is 0 Å². The molecule has 0 aliphatic rings. The van der Waals surface area contributed by atoms with Crippen molar-refractivity contribution in [1.82, 2.24) is 0 Å². The number of hydrogen-bond donors (Lipinski definition) is 6. The van der Waals surface area contributed by atoms with Crippen LogP contribution in [-0.2, 0) is 23.8 Å². The molecule has 0 aliphatic heterocycles. The van der Waals surface area contributed by atoms with Crippen molar-refractivity contribution < 1.29 is 54.4 Å². The van der Waals surface area contributed by atoms with Crippen molar-refractivity contribution >= 4 is 11.9 Å². The standard InChI is InChI=1S/C6H14O4.C4H10O3.2C4H6O2/c7-1-3-9-5-6-10-4-2-8;5-1-3-7-4-2-6;2*1-3(2)4(5)6/h7-8H,1-6H2;5-6H,1-4H2;2*1H2,2H3,(H,5,6). The molecule has 0 spiro atoms. The molecule has 0 atom stereocenters. The number of ether oxygens (including phenoxy) is 3. The number of carbonyl (C=O) groups is 2. The largest absolute Gasteiger partial charge is 0.478 e. The smallest absolute Gasteiger partial charge is 0.330 e. The van der Waals surface area contributed by atoms with Crippen LogP contribution < -0.4 is 0 Å². The Balaban J connectivity index is -0.000000148. The number of aliphatic carboxylic acids is 2. The second kappa shape index (κ2) is 30.9. The van der Waals surface area contributed by atoms with Gasteiger partial charge in [-0.25, -0.2) is 9.59 Å². The first-order valence-corrected chi connectivity index (χ1v) is 8.56. The fourth-order valence-electron chi connectivity index (χ4n) is 0.682. The molecule has 6 N–H and O–H groups in total. The highest BCUT2D eigenvalue weighted by molar-refractivity contribution is 5.85. The van der Waals surface area contributed by atoms with Gasteiger partial charge in [0.25, 0.3) is 0 Å². The zero-order valence-corrected chi connectivity index (χ0v) is 17.2. The molecule has 0 saturated carbocycles. The number of hydrogen-bond acceptors (Lipinski definition) is 9. The summed E-state index contributed by atoms with van der Waals surface area (Å²) >= 11 is 0. The Morgan fingerprint density at radius 3 is 0.897 bits per heavy atom. The fourth-order valence-corrected chi connectivity index (χ4v) is 0.682. The van der Waals surface area contributed by atoms with E-state index in [1.54, 1.807) is 0 Å². The molecule has 0 bridgehead atoms. The third-order valence-electron chi connectivity index (χ3n) is 2.04. The first kappa shape index (κ1) is 34.6. The van der Waals surface area contributed by atoms with Gasteiger partial charge in [-0.3, -0.25) is 0 Å². The van der Waals surface area contributed by atoms with Gasteiger partial charge in [-0.1, -0.05) is 13.2 Å². The van der Waals surface area contributed by atoms with E-state index in [0.29, 0.717) is 39.6 Å². The Morgan fingerprint density at radius 2 is 0.759 bits per heavy atom.